The summed E-state index contributed by atoms with van der Waals surface area (Å²) in [6, 6.07) is 63.2. The molecule has 0 aliphatic heterocycles. The first-order chi connectivity index (χ1) is 23.8. The zero-order valence-corrected chi connectivity index (χ0v) is 26.1. The number of furan rings is 1. The summed E-state index contributed by atoms with van der Waals surface area (Å²) >= 11 is 0. The Hall–Kier alpha value is -6.38. The van der Waals surface area contributed by atoms with Gasteiger partial charge in [0.05, 0.1) is 5.52 Å². The molecule has 0 radical (unpaired) electrons. The molecule has 48 heavy (non-hydrogen) atoms. The molecule has 8 aromatic carbocycles. The van der Waals surface area contributed by atoms with Gasteiger partial charge in [-0.05, 0) is 91.3 Å². The fourth-order valence-electron chi connectivity index (χ4n) is 7.68. The van der Waals surface area contributed by atoms with Crippen molar-refractivity contribution in [3.05, 3.63) is 176 Å². The Morgan fingerprint density at radius 1 is 0.354 bits per heavy atom. The summed E-state index contributed by atoms with van der Waals surface area (Å²) in [5, 5.41) is 7.20. The van der Waals surface area contributed by atoms with Gasteiger partial charge in [0.25, 0.3) is 0 Å². The quantitative estimate of drug-likeness (QED) is 0.181. The molecule has 0 aliphatic rings. The Bertz CT molecular complexity index is 2750. The number of aromatic nitrogens is 1. The van der Waals surface area contributed by atoms with E-state index in [0.29, 0.717) is 0 Å². The van der Waals surface area contributed by atoms with E-state index in [4.69, 9.17) is 4.42 Å². The Labute approximate surface area is 277 Å². The average molecular weight is 612 g/mol. The van der Waals surface area contributed by atoms with Crippen LogP contribution in [0.5, 0.6) is 0 Å². The van der Waals surface area contributed by atoms with Gasteiger partial charge in [0.1, 0.15) is 11.1 Å². The van der Waals surface area contributed by atoms with Crippen molar-refractivity contribution < 1.29 is 4.42 Å². The third-order valence-electron chi connectivity index (χ3n) is 9.79. The molecule has 0 unspecified atom stereocenters. The highest BCUT2D eigenvalue weighted by Crippen LogP contribution is 2.46. The second-order valence-corrected chi connectivity index (χ2v) is 12.5. The fraction of sp³-hybridized carbons (Fsp3) is 0. The van der Waals surface area contributed by atoms with Gasteiger partial charge < -0.3 is 8.98 Å². The third-order valence-corrected chi connectivity index (χ3v) is 9.79. The Morgan fingerprint density at radius 2 is 0.833 bits per heavy atom. The normalized spacial score (nSPS) is 11.8. The minimum absolute atomic E-state index is 0.905. The average Bonchev–Trinajstić information content (AvgIpc) is 3.69. The van der Waals surface area contributed by atoms with Crippen molar-refractivity contribution in [3.63, 3.8) is 0 Å². The summed E-state index contributed by atoms with van der Waals surface area (Å²) in [6.07, 6.45) is 0. The molecule has 0 N–H and O–H groups in total. The molecule has 0 fully saturated rings. The van der Waals surface area contributed by atoms with E-state index in [1.807, 2.05) is 6.07 Å². The van der Waals surface area contributed by atoms with E-state index in [2.05, 4.69) is 174 Å². The first kappa shape index (κ1) is 26.8. The highest BCUT2D eigenvalue weighted by atomic mass is 16.3. The molecule has 2 heterocycles. The minimum atomic E-state index is 0.905. The van der Waals surface area contributed by atoms with E-state index in [-0.39, 0.29) is 0 Å². The van der Waals surface area contributed by atoms with Crippen LogP contribution in [-0.2, 0) is 0 Å². The molecule has 0 atom stereocenters. The standard InChI is InChI=1S/C46H29NO/c1-3-13-30(14-4-1)31-23-25-32(26-24-31)43-35-17-7-9-19-37(35)44(38-20-10-8-18-36(38)43)33-27-28-39-41(29-33)47(34-15-5-2-6-16-34)45-40-21-11-12-22-42(40)48-46(39)45/h1-29H. The zero-order chi connectivity index (χ0) is 31.6. The number of fused-ring (bicyclic) bond motifs is 7. The largest absolute Gasteiger partial charge is 0.454 e. The van der Waals surface area contributed by atoms with Gasteiger partial charge in [0.2, 0.25) is 0 Å². The second-order valence-electron chi connectivity index (χ2n) is 12.5. The van der Waals surface area contributed by atoms with E-state index >= 15 is 0 Å². The van der Waals surface area contributed by atoms with Crippen molar-refractivity contribution in [2.24, 2.45) is 0 Å². The lowest BCUT2D eigenvalue weighted by molar-refractivity contribution is 0.673. The van der Waals surface area contributed by atoms with Gasteiger partial charge in [-0.2, -0.15) is 0 Å². The van der Waals surface area contributed by atoms with Crippen molar-refractivity contribution in [1.29, 1.82) is 0 Å². The molecule has 2 aromatic heterocycles. The molecule has 0 amide bonds. The zero-order valence-electron chi connectivity index (χ0n) is 26.1. The third kappa shape index (κ3) is 4.00. The highest BCUT2D eigenvalue weighted by molar-refractivity contribution is 6.23. The van der Waals surface area contributed by atoms with E-state index in [9.17, 15) is 0 Å². The van der Waals surface area contributed by atoms with Gasteiger partial charge in [-0.15, -0.1) is 0 Å². The van der Waals surface area contributed by atoms with E-state index in [1.165, 1.54) is 54.9 Å². The second kappa shape index (κ2) is 10.6. The monoisotopic (exact) mass is 611 g/mol. The number of hydrogen-bond acceptors (Lipinski definition) is 1. The first-order valence-corrected chi connectivity index (χ1v) is 16.4. The summed E-state index contributed by atoms with van der Waals surface area (Å²) < 4.78 is 8.90. The molecule has 2 heteroatoms. The predicted octanol–water partition coefficient (Wildman–Crippen LogP) is 12.8. The molecule has 224 valence electrons. The SMILES string of the molecule is c1ccc(-c2ccc(-c3c4ccccc4c(-c4ccc5c6oc7ccccc7c6n(-c6ccccc6)c5c4)c4ccccc34)cc2)cc1. The number of rotatable bonds is 4. The van der Waals surface area contributed by atoms with Gasteiger partial charge >= 0.3 is 0 Å². The van der Waals surface area contributed by atoms with E-state index in [1.54, 1.807) is 0 Å². The van der Waals surface area contributed by atoms with Crippen LogP contribution in [0.2, 0.25) is 0 Å². The van der Waals surface area contributed by atoms with Gasteiger partial charge in [0, 0.05) is 16.5 Å². The van der Waals surface area contributed by atoms with Crippen LogP contribution in [0.15, 0.2) is 180 Å². The van der Waals surface area contributed by atoms with Crippen LogP contribution >= 0.6 is 0 Å². The lowest BCUT2D eigenvalue weighted by atomic mass is 9.85. The van der Waals surface area contributed by atoms with Gasteiger partial charge in [-0.25, -0.2) is 0 Å². The highest BCUT2D eigenvalue weighted by Gasteiger charge is 2.22. The Kier molecular flexibility index (Phi) is 5.91. The summed E-state index contributed by atoms with van der Waals surface area (Å²) in [5.74, 6) is 0. The van der Waals surface area contributed by atoms with E-state index < -0.39 is 0 Å². The first-order valence-electron chi connectivity index (χ1n) is 16.4. The Balaban J connectivity index is 1.25. The molecule has 2 nitrogen and oxygen atoms in total. The summed E-state index contributed by atoms with van der Waals surface area (Å²) in [7, 11) is 0. The van der Waals surface area contributed by atoms with Crippen molar-refractivity contribution in [2.75, 3.05) is 0 Å². The van der Waals surface area contributed by atoms with Crippen molar-refractivity contribution >= 4 is 54.5 Å². The number of nitrogens with zero attached hydrogens (tertiary/aromatic N) is 1. The van der Waals surface area contributed by atoms with Crippen LogP contribution in [0, 0.1) is 0 Å². The maximum absolute atomic E-state index is 6.53. The molecule has 0 aliphatic carbocycles. The summed E-state index contributed by atoms with van der Waals surface area (Å²) in [6.45, 7) is 0. The van der Waals surface area contributed by atoms with Crippen molar-refractivity contribution in [2.45, 2.75) is 0 Å². The van der Waals surface area contributed by atoms with Crippen LogP contribution in [0.1, 0.15) is 0 Å². The minimum Gasteiger partial charge on any atom is -0.454 e. The smallest absolute Gasteiger partial charge is 0.161 e. The maximum atomic E-state index is 6.53. The number of hydrogen-bond donors (Lipinski definition) is 0. The van der Waals surface area contributed by atoms with Gasteiger partial charge in [-0.1, -0.05) is 140 Å². The van der Waals surface area contributed by atoms with Crippen LogP contribution in [0.4, 0.5) is 0 Å². The lowest BCUT2D eigenvalue weighted by Crippen LogP contribution is -1.94. The molecule has 0 saturated carbocycles. The number of para-hydroxylation sites is 2. The van der Waals surface area contributed by atoms with Crippen LogP contribution in [0.3, 0.4) is 0 Å². The van der Waals surface area contributed by atoms with Crippen molar-refractivity contribution in [1.82, 2.24) is 4.57 Å². The molecular formula is C46H29NO. The lowest BCUT2D eigenvalue weighted by Gasteiger charge is -2.18. The van der Waals surface area contributed by atoms with Gasteiger partial charge in [0.15, 0.2) is 5.58 Å². The molecule has 0 bridgehead atoms. The predicted molar refractivity (Wildman–Crippen MR) is 202 cm³/mol. The molecule has 10 rings (SSSR count). The van der Waals surface area contributed by atoms with E-state index in [0.717, 1.165) is 38.7 Å². The fourth-order valence-corrected chi connectivity index (χ4v) is 7.68. The number of benzene rings is 8. The molecule has 0 spiro atoms. The topological polar surface area (TPSA) is 18.1 Å². The maximum Gasteiger partial charge on any atom is 0.161 e. The molecule has 10 aromatic rings. The summed E-state index contributed by atoms with van der Waals surface area (Å²) in [5.41, 5.74) is 12.5. The van der Waals surface area contributed by atoms with Crippen LogP contribution in [-0.4, -0.2) is 4.57 Å². The summed E-state index contributed by atoms with van der Waals surface area (Å²) in [4.78, 5) is 0. The van der Waals surface area contributed by atoms with Crippen LogP contribution < -0.4 is 0 Å². The van der Waals surface area contributed by atoms with Gasteiger partial charge in [-0.3, -0.25) is 0 Å². The molecule has 0 saturated heterocycles. The molecular weight excluding hydrogens is 583 g/mol. The Morgan fingerprint density at radius 3 is 1.48 bits per heavy atom. The van der Waals surface area contributed by atoms with Crippen molar-refractivity contribution in [3.8, 4) is 39.1 Å². The van der Waals surface area contributed by atoms with Crippen LogP contribution in [0.25, 0.3) is 93.6 Å².